The molecule has 2 N–H and O–H groups in total. The second-order valence-electron chi connectivity index (χ2n) is 20.7. The van der Waals surface area contributed by atoms with Crippen molar-refractivity contribution in [3.05, 3.63) is 142 Å². The Morgan fingerprint density at radius 3 is 1.35 bits per heavy atom. The largest absolute Gasteiger partial charge is 0.462 e. The maximum atomic E-state index is 12.9. The first-order valence-corrected chi connectivity index (χ1v) is 30.2. The molecule has 0 saturated carbocycles. The summed E-state index contributed by atoms with van der Waals surface area (Å²) in [4.78, 5) is 93.5. The van der Waals surface area contributed by atoms with Crippen LogP contribution in [0.3, 0.4) is 0 Å². The molecule has 0 aliphatic carbocycles. The molecule has 0 bridgehead atoms. The highest BCUT2D eigenvalue weighted by Crippen LogP contribution is 2.31. The van der Waals surface area contributed by atoms with Crippen molar-refractivity contribution in [2.24, 2.45) is 29.6 Å². The van der Waals surface area contributed by atoms with E-state index in [4.69, 9.17) is 31.0 Å². The molecule has 0 aromatic carbocycles. The highest BCUT2D eigenvalue weighted by molar-refractivity contribution is 7.12. The molecular formula is C58H66ClN13O7S3. The van der Waals surface area contributed by atoms with Crippen LogP contribution >= 0.6 is 45.6 Å². The number of anilines is 2. The first-order chi connectivity index (χ1) is 39.5. The lowest BCUT2D eigenvalue weighted by Gasteiger charge is -2.18. The molecule has 0 unspecified atom stereocenters. The minimum absolute atomic E-state index is 0.0116. The molecule has 0 radical (unpaired) electrons. The fourth-order valence-electron chi connectivity index (χ4n) is 10.0. The number of fused-ring (bicyclic) bond motifs is 3. The summed E-state index contributed by atoms with van der Waals surface area (Å²) < 4.78 is 15.2. The second kappa shape index (κ2) is 26.3. The number of aromatic nitrogens is 9. The number of aryl methyl sites for hydroxylation is 1. The van der Waals surface area contributed by atoms with Gasteiger partial charge in [0.1, 0.15) is 27.9 Å². The van der Waals surface area contributed by atoms with Crippen molar-refractivity contribution in [1.29, 1.82) is 0 Å². The number of nitrogens with one attached hydrogen (secondary N) is 2. The minimum Gasteiger partial charge on any atom is -0.462 e. The molecule has 6 atom stereocenters. The molecule has 3 fully saturated rings. The third-order valence-corrected chi connectivity index (χ3v) is 17.6. The maximum absolute atomic E-state index is 12.9. The number of thiazole rings is 3. The van der Waals surface area contributed by atoms with E-state index in [1.54, 1.807) is 70.4 Å². The van der Waals surface area contributed by atoms with Crippen LogP contribution in [0.1, 0.15) is 74.7 Å². The van der Waals surface area contributed by atoms with Gasteiger partial charge in [-0.05, 0) is 100 Å². The van der Waals surface area contributed by atoms with E-state index in [0.29, 0.717) is 73.3 Å². The molecular weight excluding hydrogens is 1120 g/mol. The number of carbonyl (C=O) groups excluding carboxylic acids is 2. The molecule has 0 spiro atoms. The molecule has 0 amide bonds. The first kappa shape index (κ1) is 59.3. The number of hydrogen-bond donors (Lipinski definition) is 2. The van der Waals surface area contributed by atoms with E-state index in [1.165, 1.54) is 47.7 Å². The van der Waals surface area contributed by atoms with Crippen molar-refractivity contribution in [2.75, 3.05) is 69.3 Å². The minimum atomic E-state index is -0.672. The van der Waals surface area contributed by atoms with Crippen molar-refractivity contribution < 1.29 is 19.1 Å². The Morgan fingerprint density at radius 1 is 0.585 bits per heavy atom. The number of esters is 2. The number of pyridine rings is 6. The van der Waals surface area contributed by atoms with Crippen LogP contribution in [0.2, 0.25) is 5.15 Å². The number of carbonyl (C=O) groups is 2. The summed E-state index contributed by atoms with van der Waals surface area (Å²) in [6.07, 6.45) is 9.81. The number of nitrogens with zero attached hydrogens (tertiary/aromatic N) is 11. The first-order valence-electron chi connectivity index (χ1n) is 27.2. The van der Waals surface area contributed by atoms with Gasteiger partial charge in [0.05, 0.1) is 29.4 Å². The van der Waals surface area contributed by atoms with Crippen molar-refractivity contribution >= 4 is 102 Å². The number of halogens is 1. The van der Waals surface area contributed by atoms with Gasteiger partial charge in [-0.25, -0.2) is 39.5 Å². The molecule has 3 aliphatic rings. The van der Waals surface area contributed by atoms with Gasteiger partial charge in [0.25, 0.3) is 0 Å². The lowest BCUT2D eigenvalue weighted by Crippen LogP contribution is -2.31. The molecule has 12 heterocycles. The summed E-state index contributed by atoms with van der Waals surface area (Å²) in [5.74, 6) is 3.75. The van der Waals surface area contributed by atoms with Crippen molar-refractivity contribution in [2.45, 2.75) is 61.4 Å². The monoisotopic (exact) mass is 1190 g/mol. The Balaban J connectivity index is 0.000000139. The van der Waals surface area contributed by atoms with Gasteiger partial charge in [0.2, 0.25) is 10.9 Å². The van der Waals surface area contributed by atoms with E-state index in [2.05, 4.69) is 75.0 Å². The summed E-state index contributed by atoms with van der Waals surface area (Å²) in [6.45, 7) is 23.1. The van der Waals surface area contributed by atoms with Gasteiger partial charge in [0.15, 0.2) is 37.8 Å². The van der Waals surface area contributed by atoms with Crippen LogP contribution in [0, 0.1) is 36.5 Å². The lowest BCUT2D eigenvalue weighted by molar-refractivity contribution is 0.0514. The van der Waals surface area contributed by atoms with Gasteiger partial charge in [-0.1, -0.05) is 46.2 Å². The predicted octanol–water partition coefficient (Wildman–Crippen LogP) is 8.84. The molecule has 3 saturated heterocycles. The fourth-order valence-corrected chi connectivity index (χ4v) is 12.0. The zero-order valence-electron chi connectivity index (χ0n) is 47.2. The number of hydrogen-bond acceptors (Lipinski definition) is 20. The SMILES string of the molecule is CCOC(=O)c1cn(-c2nccs2)c2nc(Cl)ccc2c1=O.CCOC(=O)c1cn(-c2nccs2)c2nc(N3C[C@H](C)[C@@H](C)C3)ccc2c1=O.CN[C@H]1CNC[C@@H]1C.Cc1cn(-c2nccs2)c2nc(N3C[C@H](C)[C@@H](C)C3)ccc2c1=O. The van der Waals surface area contributed by atoms with E-state index in [-0.39, 0.29) is 45.7 Å². The van der Waals surface area contributed by atoms with Gasteiger partial charge >= 0.3 is 11.9 Å². The number of ether oxygens (including phenoxy) is 2. The third kappa shape index (κ3) is 12.8. The molecule has 430 valence electrons. The zero-order chi connectivity index (χ0) is 58.4. The van der Waals surface area contributed by atoms with Crippen LogP contribution in [-0.2, 0) is 9.47 Å². The zero-order valence-corrected chi connectivity index (χ0v) is 50.4. The highest BCUT2D eigenvalue weighted by atomic mass is 35.5. The number of likely N-dealkylation sites (N-methyl/N-ethyl adjacent to an activating group) is 1. The van der Waals surface area contributed by atoms with Gasteiger partial charge in [-0.15, -0.1) is 34.0 Å². The van der Waals surface area contributed by atoms with E-state index >= 15 is 0 Å². The molecule has 12 rings (SSSR count). The molecule has 9 aromatic heterocycles. The number of rotatable bonds is 10. The van der Waals surface area contributed by atoms with Gasteiger partial charge in [-0.2, -0.15) is 0 Å². The van der Waals surface area contributed by atoms with Gasteiger partial charge in [0, 0.05) is 97.7 Å². The highest BCUT2D eigenvalue weighted by Gasteiger charge is 2.30. The maximum Gasteiger partial charge on any atom is 0.343 e. The topological polar surface area (TPSA) is 226 Å². The van der Waals surface area contributed by atoms with Crippen molar-refractivity contribution in [3.63, 3.8) is 0 Å². The standard InChI is InChI=1S/C20H22N4O3S.C18H20N4OS.C14H10ClN3O3S.C6H14N2/c1-4-27-19(26)15-11-24(20-21-7-8-28-20)18-14(17(15)25)5-6-16(22-18)23-9-12(2)13(3)10-23;1-11-8-21(9-12(11)2)15-5-4-14-16(23)13(3)10-22(17(14)20-15)18-19-6-7-24-18;1-2-21-13(20)9-7-18(14-16-5-6-22-14)12-8(11(9)19)3-4-10(15)17-12;1-5-3-8-4-6(5)7-2/h5-8,11-13H,4,9-10H2,1-3H3;4-7,10-12H,8-9H2,1-3H3;3-7H,2H2,1H3;5-8H,3-4H2,1-2H3/t12-,13-;11-,12-;;5-,6-/m00.0/s1. The lowest BCUT2D eigenvalue weighted by atomic mass is 10.0. The Bertz CT molecular complexity index is 3870. The van der Waals surface area contributed by atoms with Crippen molar-refractivity contribution in [1.82, 2.24) is 54.2 Å². The second-order valence-corrected chi connectivity index (χ2v) is 23.7. The average molecular weight is 1190 g/mol. The molecule has 3 aliphatic heterocycles. The third-order valence-electron chi connectivity index (χ3n) is 15.0. The Labute approximate surface area is 490 Å². The quantitative estimate of drug-likeness (QED) is 0.0963. The Morgan fingerprint density at radius 2 is 0.988 bits per heavy atom. The molecule has 82 heavy (non-hydrogen) atoms. The smallest absolute Gasteiger partial charge is 0.343 e. The van der Waals surface area contributed by atoms with Crippen LogP contribution in [0.25, 0.3) is 48.5 Å². The Hall–Kier alpha value is -7.28. The van der Waals surface area contributed by atoms with Gasteiger partial charge in [-0.3, -0.25) is 28.1 Å². The summed E-state index contributed by atoms with van der Waals surface area (Å²) in [5.41, 5.74) is 1.39. The van der Waals surface area contributed by atoms with Crippen LogP contribution < -0.4 is 36.7 Å². The molecule has 24 heteroatoms. The fraction of sp³-hybridized carbons (Fsp3) is 0.397. The average Bonchev–Trinajstić information content (AvgIpc) is 3.92. The van der Waals surface area contributed by atoms with Gasteiger partial charge < -0.3 is 29.9 Å². The van der Waals surface area contributed by atoms with E-state index in [1.807, 2.05) is 53.7 Å². The molecule has 20 nitrogen and oxygen atoms in total. The van der Waals surface area contributed by atoms with Crippen LogP contribution in [0.4, 0.5) is 11.6 Å². The van der Waals surface area contributed by atoms with Crippen LogP contribution in [-0.4, -0.2) is 121 Å². The normalized spacial score (nSPS) is 19.3. The summed E-state index contributed by atoms with van der Waals surface area (Å²) >= 11 is 10.2. The van der Waals surface area contributed by atoms with E-state index in [0.717, 1.165) is 55.4 Å². The van der Waals surface area contributed by atoms with Crippen LogP contribution in [0.15, 0.2) is 104 Å². The van der Waals surface area contributed by atoms with E-state index < -0.39 is 17.4 Å². The summed E-state index contributed by atoms with van der Waals surface area (Å²) in [5, 5.41) is 15.7. The Kier molecular flexibility index (Phi) is 19.0. The van der Waals surface area contributed by atoms with Crippen LogP contribution in [0.5, 0.6) is 0 Å². The van der Waals surface area contributed by atoms with E-state index in [9.17, 15) is 24.0 Å². The van der Waals surface area contributed by atoms with Crippen molar-refractivity contribution in [3.8, 4) is 15.4 Å². The predicted molar refractivity (Wildman–Crippen MR) is 327 cm³/mol. The molecule has 9 aromatic rings. The summed E-state index contributed by atoms with van der Waals surface area (Å²) in [7, 11) is 2.02. The summed E-state index contributed by atoms with van der Waals surface area (Å²) in [6, 6.07) is 11.2.